The zero-order chi connectivity index (χ0) is 14.7. The standard InChI is InChI=1S/C15H16N2O4/c1-19-12-4-2-3-11(9-12)13-10-14(21-16-13)15(18)17-5-7-20-8-6-17/h2-4,9-10H,5-8H2,1H3. The fourth-order valence-corrected chi connectivity index (χ4v) is 2.22. The van der Waals surface area contributed by atoms with E-state index >= 15 is 0 Å². The van der Waals surface area contributed by atoms with Crippen molar-refractivity contribution in [2.75, 3.05) is 33.4 Å². The number of nitrogens with zero attached hydrogens (tertiary/aromatic N) is 2. The predicted molar refractivity (Wildman–Crippen MR) is 75.2 cm³/mol. The molecule has 0 radical (unpaired) electrons. The first-order chi connectivity index (χ1) is 10.3. The maximum atomic E-state index is 12.3. The molecule has 3 rings (SSSR count). The number of hydrogen-bond acceptors (Lipinski definition) is 5. The van der Waals surface area contributed by atoms with Crippen molar-refractivity contribution in [3.63, 3.8) is 0 Å². The fraction of sp³-hybridized carbons (Fsp3) is 0.333. The zero-order valence-electron chi connectivity index (χ0n) is 11.7. The molecule has 2 heterocycles. The van der Waals surface area contributed by atoms with E-state index in [2.05, 4.69) is 5.16 Å². The Hall–Kier alpha value is -2.34. The summed E-state index contributed by atoms with van der Waals surface area (Å²) < 4.78 is 15.6. The summed E-state index contributed by atoms with van der Waals surface area (Å²) in [5.74, 6) is 0.825. The molecule has 0 bridgehead atoms. The van der Waals surface area contributed by atoms with Crippen LogP contribution in [0, 0.1) is 0 Å². The van der Waals surface area contributed by atoms with Gasteiger partial charge in [-0.25, -0.2) is 0 Å². The van der Waals surface area contributed by atoms with E-state index in [1.165, 1.54) is 0 Å². The molecule has 0 atom stereocenters. The third-order valence-corrected chi connectivity index (χ3v) is 3.38. The van der Waals surface area contributed by atoms with Gasteiger partial charge in [0.15, 0.2) is 0 Å². The molecule has 0 saturated carbocycles. The second-order valence-corrected chi connectivity index (χ2v) is 4.71. The summed E-state index contributed by atoms with van der Waals surface area (Å²) >= 11 is 0. The third kappa shape index (κ3) is 2.90. The number of hydrogen-bond donors (Lipinski definition) is 0. The molecule has 1 amide bonds. The normalized spacial score (nSPS) is 15.0. The Morgan fingerprint density at radius 1 is 1.29 bits per heavy atom. The molecule has 6 nitrogen and oxygen atoms in total. The van der Waals surface area contributed by atoms with Gasteiger partial charge >= 0.3 is 0 Å². The Bertz CT molecular complexity index is 632. The van der Waals surface area contributed by atoms with E-state index in [1.807, 2.05) is 24.3 Å². The third-order valence-electron chi connectivity index (χ3n) is 3.38. The lowest BCUT2D eigenvalue weighted by Crippen LogP contribution is -2.40. The van der Waals surface area contributed by atoms with Crippen molar-refractivity contribution in [2.24, 2.45) is 0 Å². The van der Waals surface area contributed by atoms with Crippen molar-refractivity contribution in [2.45, 2.75) is 0 Å². The monoisotopic (exact) mass is 288 g/mol. The minimum absolute atomic E-state index is 0.153. The molecule has 1 aromatic carbocycles. The van der Waals surface area contributed by atoms with Crippen molar-refractivity contribution in [3.8, 4) is 17.0 Å². The largest absolute Gasteiger partial charge is 0.497 e. The van der Waals surface area contributed by atoms with Gasteiger partial charge in [-0.1, -0.05) is 17.3 Å². The number of rotatable bonds is 3. The lowest BCUT2D eigenvalue weighted by atomic mass is 10.1. The van der Waals surface area contributed by atoms with Crippen LogP contribution in [0.15, 0.2) is 34.9 Å². The van der Waals surface area contributed by atoms with Crippen LogP contribution in [0.4, 0.5) is 0 Å². The summed E-state index contributed by atoms with van der Waals surface area (Å²) in [6.45, 7) is 2.27. The number of ether oxygens (including phenoxy) is 2. The van der Waals surface area contributed by atoms with Crippen molar-refractivity contribution in [1.82, 2.24) is 10.1 Å². The Morgan fingerprint density at radius 2 is 2.10 bits per heavy atom. The number of benzene rings is 1. The van der Waals surface area contributed by atoms with Crippen LogP contribution in [0.5, 0.6) is 5.75 Å². The van der Waals surface area contributed by atoms with Crippen LogP contribution in [-0.2, 0) is 4.74 Å². The van der Waals surface area contributed by atoms with Crippen molar-refractivity contribution >= 4 is 5.91 Å². The molecule has 0 aliphatic carbocycles. The highest BCUT2D eigenvalue weighted by Crippen LogP contribution is 2.24. The molecule has 110 valence electrons. The van der Waals surface area contributed by atoms with Gasteiger partial charge in [-0.15, -0.1) is 0 Å². The number of methoxy groups -OCH3 is 1. The minimum Gasteiger partial charge on any atom is -0.497 e. The molecule has 1 fully saturated rings. The Morgan fingerprint density at radius 3 is 2.86 bits per heavy atom. The van der Waals surface area contributed by atoms with E-state index in [0.29, 0.717) is 32.0 Å². The Kier molecular flexibility index (Phi) is 3.87. The van der Waals surface area contributed by atoms with Crippen molar-refractivity contribution in [3.05, 3.63) is 36.1 Å². The first-order valence-electron chi connectivity index (χ1n) is 6.76. The Labute approximate surface area is 122 Å². The molecule has 21 heavy (non-hydrogen) atoms. The van der Waals surface area contributed by atoms with E-state index in [1.54, 1.807) is 18.1 Å². The molecular weight excluding hydrogens is 272 g/mol. The average Bonchev–Trinajstić information content (AvgIpc) is 3.05. The van der Waals surface area contributed by atoms with E-state index in [9.17, 15) is 4.79 Å². The summed E-state index contributed by atoms with van der Waals surface area (Å²) in [5, 5.41) is 3.97. The summed E-state index contributed by atoms with van der Waals surface area (Å²) in [7, 11) is 1.61. The maximum absolute atomic E-state index is 12.3. The smallest absolute Gasteiger partial charge is 0.292 e. The Balaban J connectivity index is 1.80. The topological polar surface area (TPSA) is 64.8 Å². The summed E-state index contributed by atoms with van der Waals surface area (Å²) in [4.78, 5) is 14.0. The second kappa shape index (κ2) is 5.97. The maximum Gasteiger partial charge on any atom is 0.292 e. The van der Waals surface area contributed by atoms with Gasteiger partial charge < -0.3 is 18.9 Å². The highest BCUT2D eigenvalue weighted by atomic mass is 16.5. The van der Waals surface area contributed by atoms with E-state index < -0.39 is 0 Å². The van der Waals surface area contributed by atoms with Gasteiger partial charge in [0, 0.05) is 24.7 Å². The molecule has 1 aromatic heterocycles. The molecule has 0 spiro atoms. The molecule has 0 N–H and O–H groups in total. The number of carbonyl (C=O) groups is 1. The summed E-state index contributed by atoms with van der Waals surface area (Å²) in [5.41, 5.74) is 1.46. The van der Waals surface area contributed by atoms with Crippen LogP contribution in [-0.4, -0.2) is 49.4 Å². The predicted octanol–water partition coefficient (Wildman–Crippen LogP) is 1.82. The quantitative estimate of drug-likeness (QED) is 0.862. The van der Waals surface area contributed by atoms with Crippen LogP contribution in [0.2, 0.25) is 0 Å². The van der Waals surface area contributed by atoms with E-state index in [-0.39, 0.29) is 11.7 Å². The SMILES string of the molecule is COc1cccc(-c2cc(C(=O)N3CCOCC3)on2)c1. The highest BCUT2D eigenvalue weighted by Gasteiger charge is 2.22. The first-order valence-corrected chi connectivity index (χ1v) is 6.76. The average molecular weight is 288 g/mol. The first kappa shape index (κ1) is 13.6. The van der Waals surface area contributed by atoms with Gasteiger partial charge in [-0.2, -0.15) is 0 Å². The van der Waals surface area contributed by atoms with E-state index in [0.717, 1.165) is 11.3 Å². The number of aromatic nitrogens is 1. The van der Waals surface area contributed by atoms with Gasteiger partial charge in [-0.3, -0.25) is 4.79 Å². The molecule has 0 unspecified atom stereocenters. The van der Waals surface area contributed by atoms with Gasteiger partial charge in [0.05, 0.1) is 20.3 Å². The minimum atomic E-state index is -0.153. The fourth-order valence-electron chi connectivity index (χ4n) is 2.22. The second-order valence-electron chi connectivity index (χ2n) is 4.71. The molecule has 1 aliphatic rings. The number of amides is 1. The van der Waals surface area contributed by atoms with E-state index in [4.69, 9.17) is 14.0 Å². The van der Waals surface area contributed by atoms with Crippen LogP contribution < -0.4 is 4.74 Å². The zero-order valence-corrected chi connectivity index (χ0v) is 11.7. The van der Waals surface area contributed by atoms with Crippen LogP contribution in [0.25, 0.3) is 11.3 Å². The van der Waals surface area contributed by atoms with Gasteiger partial charge in [0.2, 0.25) is 5.76 Å². The summed E-state index contributed by atoms with van der Waals surface area (Å²) in [6, 6.07) is 9.12. The molecule has 1 aliphatic heterocycles. The van der Waals surface area contributed by atoms with Crippen LogP contribution in [0.3, 0.4) is 0 Å². The number of carbonyl (C=O) groups excluding carboxylic acids is 1. The van der Waals surface area contributed by atoms with Gasteiger partial charge in [0.1, 0.15) is 11.4 Å². The van der Waals surface area contributed by atoms with Crippen molar-refractivity contribution in [1.29, 1.82) is 0 Å². The highest BCUT2D eigenvalue weighted by molar-refractivity contribution is 5.92. The molecule has 2 aromatic rings. The lowest BCUT2D eigenvalue weighted by Gasteiger charge is -2.25. The summed E-state index contributed by atoms with van der Waals surface area (Å²) in [6.07, 6.45) is 0. The van der Waals surface area contributed by atoms with Crippen LogP contribution >= 0.6 is 0 Å². The number of morpholine rings is 1. The van der Waals surface area contributed by atoms with Gasteiger partial charge in [-0.05, 0) is 12.1 Å². The molecule has 6 heteroatoms. The van der Waals surface area contributed by atoms with Crippen molar-refractivity contribution < 1.29 is 18.8 Å². The lowest BCUT2D eigenvalue weighted by molar-refractivity contribution is 0.0277. The van der Waals surface area contributed by atoms with Crippen LogP contribution in [0.1, 0.15) is 10.6 Å². The molecular formula is C15H16N2O4. The van der Waals surface area contributed by atoms with Gasteiger partial charge in [0.25, 0.3) is 5.91 Å². The molecule has 1 saturated heterocycles.